The molecule has 7 saturated carbocycles. The molecular weight excluding hydrogens is 546 g/mol. The van der Waals surface area contributed by atoms with Crippen molar-refractivity contribution in [1.82, 2.24) is 5.32 Å². The summed E-state index contributed by atoms with van der Waals surface area (Å²) < 4.78 is 7.21. The minimum atomic E-state index is 0.594. The van der Waals surface area contributed by atoms with Gasteiger partial charge in [-0.2, -0.15) is 0 Å². The zero-order valence-corrected chi connectivity index (χ0v) is 29.5. The molecule has 256 valence electrons. The van der Waals surface area contributed by atoms with E-state index < -0.39 is 0 Å². The number of rotatable bonds is 6. The van der Waals surface area contributed by atoms with Crippen LogP contribution in [0.1, 0.15) is 193 Å². The Labute approximate surface area is 279 Å². The first-order valence-electron chi connectivity index (χ1n) is 21.7. The molecule has 0 bridgehead atoms. The van der Waals surface area contributed by atoms with Crippen molar-refractivity contribution >= 4 is 0 Å². The van der Waals surface area contributed by atoms with Gasteiger partial charge >= 0.3 is 0 Å². The minimum Gasteiger partial charge on any atom is -0.374 e. The van der Waals surface area contributed by atoms with Gasteiger partial charge in [-0.15, -0.1) is 0 Å². The molecule has 0 spiro atoms. The lowest BCUT2D eigenvalue weighted by Gasteiger charge is -2.66. The molecular formula is C43H73NO. The highest BCUT2D eigenvalue weighted by Gasteiger charge is 2.62. The Balaban J connectivity index is 1.04. The van der Waals surface area contributed by atoms with Crippen LogP contribution in [0.3, 0.4) is 0 Å². The van der Waals surface area contributed by atoms with E-state index in [0.717, 1.165) is 59.4 Å². The van der Waals surface area contributed by atoms with Crippen LogP contribution < -0.4 is 5.32 Å². The first-order chi connectivity index (χ1) is 22.3. The third kappa shape index (κ3) is 6.51. The Kier molecular flexibility index (Phi) is 10.6. The molecule has 8 rings (SSSR count). The fraction of sp³-hybridized carbons (Fsp3) is 1.00. The molecule has 0 amide bonds. The summed E-state index contributed by atoms with van der Waals surface area (Å²) in [5, 5.41) is 4.63. The van der Waals surface area contributed by atoms with Gasteiger partial charge in [0.1, 0.15) is 0 Å². The van der Waals surface area contributed by atoms with E-state index >= 15 is 0 Å². The molecule has 7 aliphatic carbocycles. The van der Waals surface area contributed by atoms with E-state index in [2.05, 4.69) is 5.32 Å². The quantitative estimate of drug-likeness (QED) is 0.319. The molecule has 45 heavy (non-hydrogen) atoms. The molecule has 1 N–H and O–H groups in total. The van der Waals surface area contributed by atoms with Gasteiger partial charge in [0.2, 0.25) is 0 Å². The predicted octanol–water partition coefficient (Wildman–Crippen LogP) is 11.8. The zero-order chi connectivity index (χ0) is 30.1. The second kappa shape index (κ2) is 14.8. The van der Waals surface area contributed by atoms with Crippen LogP contribution in [0.2, 0.25) is 0 Å². The molecule has 0 aromatic heterocycles. The molecule has 1 aliphatic heterocycles. The van der Waals surface area contributed by atoms with Gasteiger partial charge < -0.3 is 10.1 Å². The molecule has 1 saturated heterocycles. The lowest BCUT2D eigenvalue weighted by Crippen LogP contribution is -2.64. The van der Waals surface area contributed by atoms with Crippen LogP contribution in [0.4, 0.5) is 0 Å². The van der Waals surface area contributed by atoms with Gasteiger partial charge in [0.05, 0.1) is 12.2 Å². The lowest BCUT2D eigenvalue weighted by atomic mass is 9.43. The third-order valence-electron chi connectivity index (χ3n) is 16.7. The van der Waals surface area contributed by atoms with Crippen molar-refractivity contribution in [1.29, 1.82) is 0 Å². The average Bonchev–Trinajstić information content (AvgIpc) is 3.12. The monoisotopic (exact) mass is 620 g/mol. The van der Waals surface area contributed by atoms with Crippen LogP contribution in [-0.2, 0) is 4.74 Å². The Morgan fingerprint density at radius 3 is 1.62 bits per heavy atom. The highest BCUT2D eigenvalue weighted by atomic mass is 16.5. The van der Waals surface area contributed by atoms with Crippen molar-refractivity contribution in [3.05, 3.63) is 0 Å². The van der Waals surface area contributed by atoms with Crippen molar-refractivity contribution in [3.63, 3.8) is 0 Å². The molecule has 1 heterocycles. The highest BCUT2D eigenvalue weighted by molar-refractivity contribution is 5.11. The first-order valence-corrected chi connectivity index (χ1v) is 21.7. The Morgan fingerprint density at radius 2 is 0.956 bits per heavy atom. The van der Waals surface area contributed by atoms with Gasteiger partial charge in [-0.1, -0.05) is 116 Å². The summed E-state index contributed by atoms with van der Waals surface area (Å²) in [4.78, 5) is 0. The van der Waals surface area contributed by atoms with Crippen molar-refractivity contribution in [2.24, 2.45) is 52.8 Å². The predicted molar refractivity (Wildman–Crippen MR) is 188 cm³/mol. The van der Waals surface area contributed by atoms with Gasteiger partial charge in [-0.05, 0) is 130 Å². The van der Waals surface area contributed by atoms with Crippen LogP contribution in [0, 0.1) is 52.8 Å². The molecule has 0 aromatic carbocycles. The molecule has 8 fully saturated rings. The largest absolute Gasteiger partial charge is 0.374 e. The van der Waals surface area contributed by atoms with E-state index in [9.17, 15) is 0 Å². The third-order valence-corrected chi connectivity index (χ3v) is 16.7. The Bertz CT molecular complexity index is 891. The van der Waals surface area contributed by atoms with Crippen LogP contribution in [0.5, 0.6) is 0 Å². The van der Waals surface area contributed by atoms with Gasteiger partial charge in [-0.25, -0.2) is 0 Å². The Hall–Kier alpha value is -0.0800. The summed E-state index contributed by atoms with van der Waals surface area (Å²) in [6.07, 6.45) is 46.4. The summed E-state index contributed by atoms with van der Waals surface area (Å²) in [6, 6.07) is 1.61. The summed E-state index contributed by atoms with van der Waals surface area (Å²) in [5.41, 5.74) is 0.594. The molecule has 0 radical (unpaired) electrons. The van der Waals surface area contributed by atoms with Crippen LogP contribution >= 0.6 is 0 Å². The summed E-state index contributed by atoms with van der Waals surface area (Å²) in [7, 11) is 0. The molecule has 9 unspecified atom stereocenters. The maximum atomic E-state index is 7.21. The number of hydrogen-bond acceptors (Lipinski definition) is 2. The summed E-state index contributed by atoms with van der Waals surface area (Å²) >= 11 is 0. The van der Waals surface area contributed by atoms with Crippen molar-refractivity contribution < 1.29 is 4.74 Å². The van der Waals surface area contributed by atoms with Crippen LogP contribution in [-0.4, -0.2) is 24.3 Å². The minimum absolute atomic E-state index is 0.594. The molecule has 9 atom stereocenters. The average molecular weight is 620 g/mol. The number of fused-ring (bicyclic) bond motifs is 2. The number of hydrogen-bond donors (Lipinski definition) is 1. The van der Waals surface area contributed by atoms with E-state index in [1.54, 1.807) is 57.8 Å². The fourth-order valence-electron chi connectivity index (χ4n) is 15.0. The van der Waals surface area contributed by atoms with Crippen LogP contribution in [0.25, 0.3) is 0 Å². The molecule has 2 nitrogen and oxygen atoms in total. The number of nitrogens with one attached hydrogen (secondary N) is 1. The summed E-state index contributed by atoms with van der Waals surface area (Å²) in [5.74, 6) is 7.83. The van der Waals surface area contributed by atoms with E-state index in [4.69, 9.17) is 4.74 Å². The van der Waals surface area contributed by atoms with Gasteiger partial charge in [0.15, 0.2) is 0 Å². The van der Waals surface area contributed by atoms with Gasteiger partial charge in [-0.3, -0.25) is 0 Å². The maximum Gasteiger partial charge on any atom is 0.0612 e. The van der Waals surface area contributed by atoms with Gasteiger partial charge in [0.25, 0.3) is 0 Å². The lowest BCUT2D eigenvalue weighted by molar-refractivity contribution is -0.254. The van der Waals surface area contributed by atoms with E-state index in [1.807, 2.05) is 0 Å². The van der Waals surface area contributed by atoms with Crippen molar-refractivity contribution in [2.45, 2.75) is 217 Å². The zero-order valence-electron chi connectivity index (χ0n) is 29.5. The normalized spacial score (nSPS) is 46.3. The molecule has 0 aromatic rings. The van der Waals surface area contributed by atoms with Crippen molar-refractivity contribution in [3.8, 4) is 0 Å². The van der Waals surface area contributed by atoms with Crippen LogP contribution in [0.15, 0.2) is 0 Å². The van der Waals surface area contributed by atoms with E-state index in [0.29, 0.717) is 17.6 Å². The highest BCUT2D eigenvalue weighted by Crippen LogP contribution is 2.66. The second-order valence-corrected chi connectivity index (χ2v) is 18.7. The SMILES string of the molecule is C1CCC(C2CCC(NC3CCCC(C4(C5CCCCC5)C5CCCCC5OC5CCCCC54)C3)C(C3CCCCC3)C2)CC1. The topological polar surface area (TPSA) is 21.3 Å². The molecule has 8 aliphatic rings. The second-order valence-electron chi connectivity index (χ2n) is 18.7. The van der Waals surface area contributed by atoms with E-state index in [1.165, 1.54) is 135 Å². The van der Waals surface area contributed by atoms with Crippen molar-refractivity contribution in [2.75, 3.05) is 0 Å². The maximum absolute atomic E-state index is 7.21. The summed E-state index contributed by atoms with van der Waals surface area (Å²) in [6.45, 7) is 0. The standard InChI is InChI=1S/C43H73NO/c1-4-15-31(16-5-1)33-27-28-40(37(29-33)32-17-6-2-7-18-32)44-36-22-14-21-35(30-36)43(34-19-8-3-9-20-34)38-23-10-12-25-41(38)45-42-26-13-11-24-39(42)43/h31-42,44H,1-30H2. The molecule has 2 heteroatoms. The number of ether oxygens (including phenoxy) is 1. The van der Waals surface area contributed by atoms with E-state index in [-0.39, 0.29) is 0 Å². The Morgan fingerprint density at radius 1 is 0.400 bits per heavy atom. The van der Waals surface area contributed by atoms with Gasteiger partial charge in [0, 0.05) is 12.1 Å². The first kappa shape index (κ1) is 32.1. The fourth-order valence-corrected chi connectivity index (χ4v) is 15.0. The smallest absolute Gasteiger partial charge is 0.0612 e.